The lowest BCUT2D eigenvalue weighted by Gasteiger charge is -2.31. The Hall–Kier alpha value is -1.43. The maximum Gasteiger partial charge on any atom is 0.320 e. The molecule has 1 aromatic heterocycles. The smallest absolute Gasteiger partial charge is 0.320 e. The van der Waals surface area contributed by atoms with E-state index < -0.39 is 12.0 Å². The van der Waals surface area contributed by atoms with Crippen LogP contribution in [0.1, 0.15) is 51.2 Å². The van der Waals surface area contributed by atoms with Crippen molar-refractivity contribution in [2.45, 2.75) is 58.5 Å². The second kappa shape index (κ2) is 6.83. The summed E-state index contributed by atoms with van der Waals surface area (Å²) in [6.07, 6.45) is 4.53. The molecule has 1 atom stereocenters. The third kappa shape index (κ3) is 4.03. The van der Waals surface area contributed by atoms with Crippen molar-refractivity contribution in [2.75, 3.05) is 6.54 Å². The van der Waals surface area contributed by atoms with E-state index in [4.69, 9.17) is 4.52 Å². The number of piperidine rings is 1. The van der Waals surface area contributed by atoms with E-state index in [0.717, 1.165) is 38.1 Å². The summed E-state index contributed by atoms with van der Waals surface area (Å²) in [6, 6.07) is -0.422. The van der Waals surface area contributed by atoms with Gasteiger partial charge in [0.2, 0.25) is 5.89 Å². The summed E-state index contributed by atoms with van der Waals surface area (Å²) in [5, 5.41) is 13.2. The van der Waals surface area contributed by atoms with Crippen molar-refractivity contribution >= 4 is 5.97 Å². The molecule has 0 bridgehead atoms. The molecular weight excluding hydrogens is 258 g/mol. The minimum Gasteiger partial charge on any atom is -0.480 e. The largest absolute Gasteiger partial charge is 0.480 e. The molecule has 2 heterocycles. The predicted octanol–water partition coefficient (Wildman–Crippen LogP) is 2.10. The van der Waals surface area contributed by atoms with Gasteiger partial charge in [0.05, 0.1) is 6.54 Å². The third-order valence-corrected chi connectivity index (χ3v) is 3.69. The third-order valence-electron chi connectivity index (χ3n) is 3.69. The Morgan fingerprint density at radius 2 is 2.30 bits per heavy atom. The lowest BCUT2D eigenvalue weighted by molar-refractivity contribution is -0.145. The first-order chi connectivity index (χ1) is 9.56. The summed E-state index contributed by atoms with van der Waals surface area (Å²) in [4.78, 5) is 17.5. The Morgan fingerprint density at radius 1 is 1.50 bits per heavy atom. The van der Waals surface area contributed by atoms with Crippen LogP contribution in [0.4, 0.5) is 0 Å². The highest BCUT2D eigenvalue weighted by molar-refractivity contribution is 5.73. The van der Waals surface area contributed by atoms with Gasteiger partial charge in [0.1, 0.15) is 6.04 Å². The predicted molar refractivity (Wildman–Crippen MR) is 73.1 cm³/mol. The second-order valence-corrected chi connectivity index (χ2v) is 5.86. The van der Waals surface area contributed by atoms with Gasteiger partial charge in [0, 0.05) is 6.42 Å². The van der Waals surface area contributed by atoms with Crippen molar-refractivity contribution in [3.63, 3.8) is 0 Å². The zero-order valence-electron chi connectivity index (χ0n) is 12.2. The number of aromatic nitrogens is 2. The number of rotatable bonds is 6. The summed E-state index contributed by atoms with van der Waals surface area (Å²) in [7, 11) is 0. The molecule has 1 aliphatic rings. The molecule has 1 unspecified atom stereocenters. The number of aliphatic carboxylic acids is 1. The van der Waals surface area contributed by atoms with Crippen molar-refractivity contribution in [1.29, 1.82) is 0 Å². The molecule has 0 radical (unpaired) electrons. The summed E-state index contributed by atoms with van der Waals surface area (Å²) in [5.41, 5.74) is 0. The monoisotopic (exact) mass is 281 g/mol. The van der Waals surface area contributed by atoms with Gasteiger partial charge in [-0.05, 0) is 31.7 Å². The van der Waals surface area contributed by atoms with E-state index in [1.165, 1.54) is 0 Å². The van der Waals surface area contributed by atoms with Crippen LogP contribution >= 0.6 is 0 Å². The fourth-order valence-corrected chi connectivity index (χ4v) is 2.51. The molecule has 1 N–H and O–H groups in total. The van der Waals surface area contributed by atoms with Crippen LogP contribution in [0.2, 0.25) is 0 Å². The van der Waals surface area contributed by atoms with Crippen molar-refractivity contribution < 1.29 is 14.4 Å². The Labute approximate surface area is 119 Å². The fraction of sp³-hybridized carbons (Fsp3) is 0.786. The van der Waals surface area contributed by atoms with Crippen LogP contribution in [-0.4, -0.2) is 38.7 Å². The van der Waals surface area contributed by atoms with Gasteiger partial charge in [0.25, 0.3) is 0 Å². The van der Waals surface area contributed by atoms with Gasteiger partial charge in [-0.25, -0.2) is 0 Å². The minimum atomic E-state index is -0.760. The molecule has 112 valence electrons. The lowest BCUT2D eigenvalue weighted by atomic mass is 10.0. The van der Waals surface area contributed by atoms with Gasteiger partial charge >= 0.3 is 5.97 Å². The summed E-state index contributed by atoms with van der Waals surface area (Å²) in [5.74, 6) is 1.09. The molecule has 1 saturated heterocycles. The van der Waals surface area contributed by atoms with Crippen molar-refractivity contribution in [3.05, 3.63) is 11.7 Å². The van der Waals surface area contributed by atoms with E-state index in [2.05, 4.69) is 24.0 Å². The molecule has 1 aromatic rings. The normalized spacial score (nSPS) is 20.4. The van der Waals surface area contributed by atoms with Crippen molar-refractivity contribution in [2.24, 2.45) is 5.92 Å². The number of carboxylic acid groups (broad SMARTS) is 1. The maximum absolute atomic E-state index is 11.2. The molecule has 0 spiro atoms. The second-order valence-electron chi connectivity index (χ2n) is 5.86. The van der Waals surface area contributed by atoms with E-state index in [1.807, 2.05) is 4.90 Å². The molecular formula is C14H23N3O3. The Balaban J connectivity index is 1.93. The van der Waals surface area contributed by atoms with Crippen LogP contribution in [0.15, 0.2) is 4.52 Å². The van der Waals surface area contributed by atoms with Gasteiger partial charge in [-0.1, -0.05) is 25.4 Å². The van der Waals surface area contributed by atoms with Crippen LogP contribution in [0.25, 0.3) is 0 Å². The number of aryl methyl sites for hydroxylation is 1. The van der Waals surface area contributed by atoms with Crippen LogP contribution in [0, 0.1) is 5.92 Å². The van der Waals surface area contributed by atoms with E-state index in [0.29, 0.717) is 24.8 Å². The fourth-order valence-electron chi connectivity index (χ4n) is 2.51. The standard InChI is InChI=1S/C14H23N3O3/c1-10(2)6-7-12-15-13(20-16-12)9-17-8-4-3-5-11(17)14(18)19/h10-11H,3-9H2,1-2H3,(H,18,19). The molecule has 1 aliphatic heterocycles. The lowest BCUT2D eigenvalue weighted by Crippen LogP contribution is -2.44. The molecule has 1 fully saturated rings. The Morgan fingerprint density at radius 3 is 3.00 bits per heavy atom. The zero-order chi connectivity index (χ0) is 14.5. The van der Waals surface area contributed by atoms with Gasteiger partial charge in [0.15, 0.2) is 5.82 Å². The van der Waals surface area contributed by atoms with Crippen LogP contribution in [0.5, 0.6) is 0 Å². The number of likely N-dealkylation sites (tertiary alicyclic amines) is 1. The van der Waals surface area contributed by atoms with E-state index in [1.54, 1.807) is 0 Å². The molecule has 0 amide bonds. The highest BCUT2D eigenvalue weighted by Crippen LogP contribution is 2.19. The minimum absolute atomic E-state index is 0.422. The quantitative estimate of drug-likeness (QED) is 0.860. The zero-order valence-corrected chi connectivity index (χ0v) is 12.2. The summed E-state index contributed by atoms with van der Waals surface area (Å²) >= 11 is 0. The van der Waals surface area contributed by atoms with Gasteiger partial charge in [-0.15, -0.1) is 0 Å². The van der Waals surface area contributed by atoms with Gasteiger partial charge in [-0.2, -0.15) is 4.98 Å². The topological polar surface area (TPSA) is 79.5 Å². The van der Waals surface area contributed by atoms with Crippen molar-refractivity contribution in [1.82, 2.24) is 15.0 Å². The highest BCUT2D eigenvalue weighted by Gasteiger charge is 2.29. The van der Waals surface area contributed by atoms with E-state index in [9.17, 15) is 9.90 Å². The summed E-state index contributed by atoms with van der Waals surface area (Å²) in [6.45, 7) is 5.53. The molecule has 0 aromatic carbocycles. The van der Waals surface area contributed by atoms with E-state index in [-0.39, 0.29) is 0 Å². The average Bonchev–Trinajstić information content (AvgIpc) is 2.84. The first kappa shape index (κ1) is 15.0. The molecule has 0 aliphatic carbocycles. The molecule has 2 rings (SSSR count). The molecule has 20 heavy (non-hydrogen) atoms. The number of carboxylic acids is 1. The van der Waals surface area contributed by atoms with Crippen molar-refractivity contribution in [3.8, 4) is 0 Å². The van der Waals surface area contributed by atoms with Crippen LogP contribution in [0.3, 0.4) is 0 Å². The molecule has 0 saturated carbocycles. The SMILES string of the molecule is CC(C)CCc1noc(CN2CCCCC2C(=O)O)n1. The highest BCUT2D eigenvalue weighted by atomic mass is 16.5. The van der Waals surface area contributed by atoms with Gasteiger partial charge in [-0.3, -0.25) is 9.69 Å². The molecule has 6 heteroatoms. The van der Waals surface area contributed by atoms with Gasteiger partial charge < -0.3 is 9.63 Å². The Bertz CT molecular complexity index is 445. The summed E-state index contributed by atoms with van der Waals surface area (Å²) < 4.78 is 5.23. The number of carbonyl (C=O) groups is 1. The number of nitrogens with zero attached hydrogens (tertiary/aromatic N) is 3. The van der Waals surface area contributed by atoms with Crippen LogP contribution in [-0.2, 0) is 17.8 Å². The van der Waals surface area contributed by atoms with Crippen LogP contribution < -0.4 is 0 Å². The van der Waals surface area contributed by atoms with E-state index >= 15 is 0 Å². The maximum atomic E-state index is 11.2. The number of hydrogen-bond acceptors (Lipinski definition) is 5. The number of hydrogen-bond donors (Lipinski definition) is 1. The first-order valence-electron chi connectivity index (χ1n) is 7.34. The average molecular weight is 281 g/mol. The first-order valence-corrected chi connectivity index (χ1v) is 7.34. The molecule has 6 nitrogen and oxygen atoms in total. The Kier molecular flexibility index (Phi) is 5.11.